The molecule has 0 atom stereocenters. The van der Waals surface area contributed by atoms with Crippen LogP contribution in [0.2, 0.25) is 0 Å². The van der Waals surface area contributed by atoms with Crippen LogP contribution in [0.15, 0.2) is 60.0 Å². The van der Waals surface area contributed by atoms with Gasteiger partial charge in [0.05, 0.1) is 13.7 Å². The summed E-state index contributed by atoms with van der Waals surface area (Å²) in [7, 11) is -1.86. The van der Waals surface area contributed by atoms with Gasteiger partial charge in [-0.25, -0.2) is 8.42 Å². The van der Waals surface area contributed by atoms with Gasteiger partial charge >= 0.3 is 0 Å². The van der Waals surface area contributed by atoms with Crippen LogP contribution < -0.4 is 4.74 Å². The molecule has 8 heteroatoms. The van der Waals surface area contributed by atoms with Crippen molar-refractivity contribution in [3.05, 3.63) is 71.1 Å². The van der Waals surface area contributed by atoms with Crippen LogP contribution in [0.1, 0.15) is 24.0 Å². The fourth-order valence-electron chi connectivity index (χ4n) is 4.00. The van der Waals surface area contributed by atoms with Gasteiger partial charge in [0.15, 0.2) is 0 Å². The summed E-state index contributed by atoms with van der Waals surface area (Å²) in [6, 6.07) is 17.7. The SMILES string of the molecule is COc1ccc(CN(CC(=O)N2CCN(S(=O)(=O)C=Cc3ccccc3)CC2)C2CC2)cc1. The Labute approximate surface area is 196 Å². The van der Waals surface area contributed by atoms with Crippen molar-refractivity contribution in [2.24, 2.45) is 0 Å². The Hall–Kier alpha value is -2.68. The number of nitrogens with zero attached hydrogens (tertiary/aromatic N) is 3. The number of carbonyl (C=O) groups excluding carboxylic acids is 1. The lowest BCUT2D eigenvalue weighted by Gasteiger charge is -2.34. The summed E-state index contributed by atoms with van der Waals surface area (Å²) in [6.07, 6.45) is 3.84. The van der Waals surface area contributed by atoms with Crippen LogP contribution in [0, 0.1) is 0 Å². The lowest BCUT2D eigenvalue weighted by molar-refractivity contribution is -0.133. The molecule has 1 saturated heterocycles. The molecule has 4 rings (SSSR count). The number of ether oxygens (including phenoxy) is 1. The zero-order valence-electron chi connectivity index (χ0n) is 19.0. The Kier molecular flexibility index (Phi) is 7.47. The van der Waals surface area contributed by atoms with E-state index in [-0.39, 0.29) is 5.91 Å². The minimum atomic E-state index is -3.51. The Morgan fingerprint density at radius 2 is 1.70 bits per heavy atom. The number of sulfonamides is 1. The van der Waals surface area contributed by atoms with Crippen LogP contribution in [0.4, 0.5) is 0 Å². The summed E-state index contributed by atoms with van der Waals surface area (Å²) < 4.78 is 32.0. The molecule has 1 aliphatic carbocycles. The monoisotopic (exact) mass is 469 g/mol. The van der Waals surface area contributed by atoms with E-state index in [4.69, 9.17) is 4.74 Å². The molecule has 0 unspecified atom stereocenters. The van der Waals surface area contributed by atoms with Gasteiger partial charge in [-0.15, -0.1) is 0 Å². The molecule has 176 valence electrons. The topological polar surface area (TPSA) is 70.2 Å². The minimum absolute atomic E-state index is 0.0623. The molecule has 0 radical (unpaired) electrons. The Morgan fingerprint density at radius 1 is 1.03 bits per heavy atom. The molecule has 2 aromatic carbocycles. The van der Waals surface area contributed by atoms with Gasteiger partial charge in [0.2, 0.25) is 15.9 Å². The second kappa shape index (κ2) is 10.5. The highest BCUT2D eigenvalue weighted by molar-refractivity contribution is 7.92. The number of rotatable bonds is 9. The van der Waals surface area contributed by atoms with E-state index in [1.165, 1.54) is 9.71 Å². The third-order valence-corrected chi connectivity index (χ3v) is 7.69. The summed E-state index contributed by atoms with van der Waals surface area (Å²) in [5, 5.41) is 1.25. The third kappa shape index (κ3) is 6.43. The smallest absolute Gasteiger partial charge is 0.236 e. The van der Waals surface area contributed by atoms with Crippen LogP contribution >= 0.6 is 0 Å². The summed E-state index contributed by atoms with van der Waals surface area (Å²) in [4.78, 5) is 17.0. The van der Waals surface area contributed by atoms with Crippen molar-refractivity contribution in [3.63, 3.8) is 0 Å². The summed E-state index contributed by atoms with van der Waals surface area (Å²) in [6.45, 7) is 2.54. The van der Waals surface area contributed by atoms with Crippen LogP contribution in [-0.4, -0.2) is 74.3 Å². The number of hydrogen-bond donors (Lipinski definition) is 0. The average Bonchev–Trinajstić information content (AvgIpc) is 3.69. The first kappa shape index (κ1) is 23.5. The molecule has 33 heavy (non-hydrogen) atoms. The van der Waals surface area contributed by atoms with Gasteiger partial charge in [0, 0.05) is 44.2 Å². The van der Waals surface area contributed by atoms with Gasteiger partial charge in [0.25, 0.3) is 0 Å². The Bertz CT molecular complexity index is 1060. The van der Waals surface area contributed by atoms with Crippen molar-refractivity contribution in [2.75, 3.05) is 39.8 Å². The first-order chi connectivity index (χ1) is 15.9. The highest BCUT2D eigenvalue weighted by Crippen LogP contribution is 2.28. The van der Waals surface area contributed by atoms with Crippen LogP contribution in [-0.2, 0) is 21.4 Å². The quantitative estimate of drug-likeness (QED) is 0.565. The number of carbonyl (C=O) groups is 1. The second-order valence-corrected chi connectivity index (χ2v) is 10.3. The first-order valence-electron chi connectivity index (χ1n) is 11.3. The first-order valence-corrected chi connectivity index (χ1v) is 12.8. The predicted molar refractivity (Wildman–Crippen MR) is 129 cm³/mol. The molecule has 2 fully saturated rings. The number of hydrogen-bond acceptors (Lipinski definition) is 5. The van der Waals surface area contributed by atoms with Crippen molar-refractivity contribution in [2.45, 2.75) is 25.4 Å². The highest BCUT2D eigenvalue weighted by atomic mass is 32.2. The van der Waals surface area contributed by atoms with E-state index in [1.54, 1.807) is 18.1 Å². The van der Waals surface area contributed by atoms with Crippen LogP contribution in [0.25, 0.3) is 6.08 Å². The number of methoxy groups -OCH3 is 1. The number of piperazine rings is 1. The predicted octanol–water partition coefficient (Wildman–Crippen LogP) is 2.80. The molecule has 2 aliphatic rings. The van der Waals surface area contributed by atoms with Gasteiger partial charge in [0.1, 0.15) is 5.75 Å². The van der Waals surface area contributed by atoms with Crippen LogP contribution in [0.3, 0.4) is 0 Å². The fourth-order valence-corrected chi connectivity index (χ4v) is 5.17. The van der Waals surface area contributed by atoms with E-state index in [9.17, 15) is 13.2 Å². The maximum atomic E-state index is 13.0. The normalized spacial score (nSPS) is 17.6. The Morgan fingerprint density at radius 3 is 2.30 bits per heavy atom. The summed E-state index contributed by atoms with van der Waals surface area (Å²) in [5.74, 6) is 0.881. The number of benzene rings is 2. The largest absolute Gasteiger partial charge is 0.497 e. The minimum Gasteiger partial charge on any atom is -0.497 e. The molecule has 2 aromatic rings. The van der Waals surface area contributed by atoms with Crippen molar-refractivity contribution in [1.29, 1.82) is 0 Å². The highest BCUT2D eigenvalue weighted by Gasteiger charge is 2.33. The van der Waals surface area contributed by atoms with Gasteiger partial charge in [-0.1, -0.05) is 42.5 Å². The Balaban J connectivity index is 1.30. The third-order valence-electron chi connectivity index (χ3n) is 6.13. The zero-order valence-corrected chi connectivity index (χ0v) is 19.8. The maximum absolute atomic E-state index is 13.0. The molecule has 1 heterocycles. The molecule has 1 aliphatic heterocycles. The molecule has 7 nitrogen and oxygen atoms in total. The molecular weight excluding hydrogens is 438 g/mol. The second-order valence-electron chi connectivity index (χ2n) is 8.52. The summed E-state index contributed by atoms with van der Waals surface area (Å²) in [5.41, 5.74) is 1.99. The van der Waals surface area contributed by atoms with Crippen LogP contribution in [0.5, 0.6) is 5.75 Å². The maximum Gasteiger partial charge on any atom is 0.236 e. The lowest BCUT2D eigenvalue weighted by atomic mass is 10.2. The number of amides is 1. The van der Waals surface area contributed by atoms with Gasteiger partial charge < -0.3 is 9.64 Å². The summed E-state index contributed by atoms with van der Waals surface area (Å²) >= 11 is 0. The lowest BCUT2D eigenvalue weighted by Crippen LogP contribution is -2.52. The molecule has 1 saturated carbocycles. The van der Waals surface area contributed by atoms with Crippen molar-refractivity contribution < 1.29 is 17.9 Å². The van der Waals surface area contributed by atoms with Gasteiger partial charge in [-0.05, 0) is 42.2 Å². The molecule has 0 bridgehead atoms. The molecular formula is C25H31N3O4S. The van der Waals surface area contributed by atoms with E-state index < -0.39 is 10.0 Å². The van der Waals surface area contributed by atoms with E-state index >= 15 is 0 Å². The van der Waals surface area contributed by atoms with Crippen molar-refractivity contribution in [1.82, 2.24) is 14.1 Å². The van der Waals surface area contributed by atoms with Gasteiger partial charge in [-0.2, -0.15) is 4.31 Å². The molecule has 0 N–H and O–H groups in total. The van der Waals surface area contributed by atoms with E-state index in [0.717, 1.165) is 36.3 Å². The molecule has 0 spiro atoms. The fraction of sp³-hybridized carbons (Fsp3) is 0.400. The van der Waals surface area contributed by atoms with E-state index in [0.29, 0.717) is 38.8 Å². The van der Waals surface area contributed by atoms with E-state index in [1.807, 2.05) is 54.6 Å². The van der Waals surface area contributed by atoms with E-state index in [2.05, 4.69) is 4.90 Å². The standard InChI is InChI=1S/C25H31N3O4S/c1-32-24-11-7-22(8-12-24)19-27(23-9-10-23)20-25(29)26-14-16-28(17-15-26)33(30,31)18-13-21-5-3-2-4-6-21/h2-8,11-13,18,23H,9-10,14-17,19-20H2,1H3. The molecule has 1 amide bonds. The molecule has 0 aromatic heterocycles. The zero-order chi connectivity index (χ0) is 23.3. The van der Waals surface area contributed by atoms with Crippen molar-refractivity contribution in [3.8, 4) is 5.75 Å². The van der Waals surface area contributed by atoms with Crippen molar-refractivity contribution >= 4 is 22.0 Å². The van der Waals surface area contributed by atoms with Gasteiger partial charge in [-0.3, -0.25) is 9.69 Å². The average molecular weight is 470 g/mol.